The summed E-state index contributed by atoms with van der Waals surface area (Å²) in [6.45, 7) is 2.86. The van der Waals surface area contributed by atoms with Crippen LogP contribution in [0.3, 0.4) is 0 Å². The summed E-state index contributed by atoms with van der Waals surface area (Å²) in [5.41, 5.74) is 5.65. The van der Waals surface area contributed by atoms with Crippen molar-refractivity contribution in [2.45, 2.75) is 19.9 Å². The van der Waals surface area contributed by atoms with Crippen molar-refractivity contribution in [2.75, 3.05) is 11.4 Å². The topological polar surface area (TPSA) is 77.0 Å². The fourth-order valence-corrected chi connectivity index (χ4v) is 4.36. The molecule has 0 aliphatic carbocycles. The number of fused-ring (bicyclic) bond motifs is 2. The van der Waals surface area contributed by atoms with E-state index in [4.69, 9.17) is 9.62 Å². The molecule has 0 radical (unpaired) electrons. The highest BCUT2D eigenvalue weighted by molar-refractivity contribution is 5.97. The first-order valence-electron chi connectivity index (χ1n) is 10.9. The largest absolute Gasteiger partial charge is 0.332 e. The van der Waals surface area contributed by atoms with E-state index in [1.54, 1.807) is 4.68 Å². The number of aryl methyl sites for hydroxylation is 1. The summed E-state index contributed by atoms with van der Waals surface area (Å²) in [7, 11) is 0. The third-order valence-corrected chi connectivity index (χ3v) is 6.07. The van der Waals surface area contributed by atoms with Crippen LogP contribution in [0, 0.1) is 6.92 Å². The Hall–Kier alpha value is -4.26. The van der Waals surface area contributed by atoms with Crippen molar-refractivity contribution in [1.82, 2.24) is 19.9 Å². The monoisotopic (exact) mass is 435 g/mol. The molecule has 3 heterocycles. The molecule has 0 saturated heterocycles. The first-order chi connectivity index (χ1) is 16.2. The van der Waals surface area contributed by atoms with Crippen molar-refractivity contribution in [3.05, 3.63) is 83.9 Å². The quantitative estimate of drug-likeness (QED) is 0.411. The van der Waals surface area contributed by atoms with Crippen molar-refractivity contribution in [3.63, 3.8) is 0 Å². The summed E-state index contributed by atoms with van der Waals surface area (Å²) in [6.07, 6.45) is 0.872. The molecule has 7 nitrogen and oxygen atoms in total. The predicted molar refractivity (Wildman–Crippen MR) is 126 cm³/mol. The number of nitrogens with zero attached hydrogens (tertiary/aromatic N) is 5. The fourth-order valence-electron chi connectivity index (χ4n) is 4.36. The van der Waals surface area contributed by atoms with Crippen molar-refractivity contribution in [2.24, 2.45) is 0 Å². The molecule has 0 N–H and O–H groups in total. The zero-order valence-electron chi connectivity index (χ0n) is 18.1. The number of hydrogen-bond donors (Lipinski definition) is 0. The van der Waals surface area contributed by atoms with Gasteiger partial charge in [0.25, 0.3) is 5.89 Å². The third kappa shape index (κ3) is 3.38. The lowest BCUT2D eigenvalue weighted by Gasteiger charge is -2.17. The molecule has 0 atom stereocenters. The van der Waals surface area contributed by atoms with Gasteiger partial charge in [-0.15, -0.1) is 0 Å². The molecule has 0 saturated carbocycles. The molecule has 7 heteroatoms. The van der Waals surface area contributed by atoms with Crippen LogP contribution in [-0.4, -0.2) is 32.4 Å². The maximum atomic E-state index is 13.2. The number of carbonyl (C=O) groups excluding carboxylic acids is 1. The number of aromatic nitrogens is 4. The lowest BCUT2D eigenvalue weighted by Crippen LogP contribution is -2.32. The van der Waals surface area contributed by atoms with Gasteiger partial charge >= 0.3 is 0 Å². The molecule has 33 heavy (non-hydrogen) atoms. The van der Waals surface area contributed by atoms with Crippen molar-refractivity contribution in [3.8, 4) is 23.0 Å². The highest BCUT2D eigenvalue weighted by Crippen LogP contribution is 2.30. The van der Waals surface area contributed by atoms with E-state index in [9.17, 15) is 4.79 Å². The van der Waals surface area contributed by atoms with Gasteiger partial charge in [-0.25, -0.2) is 0 Å². The first kappa shape index (κ1) is 19.4. The van der Waals surface area contributed by atoms with Crippen LogP contribution in [0.25, 0.3) is 33.9 Å². The Kier molecular flexibility index (Phi) is 4.54. The average Bonchev–Trinajstić information content (AvgIpc) is 3.57. The van der Waals surface area contributed by atoms with Gasteiger partial charge in [0.1, 0.15) is 6.54 Å². The lowest BCUT2D eigenvalue weighted by molar-refractivity contribution is -0.119. The van der Waals surface area contributed by atoms with Gasteiger partial charge in [-0.3, -0.25) is 9.48 Å². The van der Waals surface area contributed by atoms with E-state index in [0.717, 1.165) is 34.1 Å². The second-order valence-corrected chi connectivity index (χ2v) is 8.24. The zero-order valence-corrected chi connectivity index (χ0v) is 18.1. The second kappa shape index (κ2) is 7.70. The van der Waals surface area contributed by atoms with Crippen molar-refractivity contribution >= 4 is 22.5 Å². The number of hydrogen-bond acceptors (Lipinski definition) is 5. The maximum absolute atomic E-state index is 13.2. The third-order valence-electron chi connectivity index (χ3n) is 6.07. The standard InChI is InChI=1S/C26H21N5O2/c1-17-10-12-19(13-11-17)25-27-26(33-29-25)24-20-7-3-5-9-22(20)31(28-24)16-23(32)30-15-14-18-6-2-4-8-21(18)30/h2-13H,14-16H2,1H3. The molecule has 6 rings (SSSR count). The molecule has 2 aromatic heterocycles. The molecular formula is C26H21N5O2. The van der Waals surface area contributed by atoms with Crippen molar-refractivity contribution < 1.29 is 9.32 Å². The van der Waals surface area contributed by atoms with Crippen LogP contribution >= 0.6 is 0 Å². The Morgan fingerprint density at radius 1 is 1.00 bits per heavy atom. The summed E-state index contributed by atoms with van der Waals surface area (Å²) in [5.74, 6) is 0.846. The van der Waals surface area contributed by atoms with E-state index >= 15 is 0 Å². The molecule has 5 aromatic rings. The number of anilines is 1. The molecule has 3 aromatic carbocycles. The molecule has 0 fully saturated rings. The minimum atomic E-state index is 0.00521. The van der Waals surface area contributed by atoms with E-state index in [2.05, 4.69) is 16.2 Å². The fraction of sp³-hybridized carbons (Fsp3) is 0.154. The van der Waals surface area contributed by atoms with Gasteiger partial charge in [-0.1, -0.05) is 71.4 Å². The SMILES string of the molecule is Cc1ccc(-c2noc(-c3nn(CC(=O)N4CCc5ccccc54)c4ccccc34)n2)cc1. The van der Waals surface area contributed by atoms with Crippen LogP contribution in [0.1, 0.15) is 11.1 Å². The van der Waals surface area contributed by atoms with Crippen LogP contribution in [0.2, 0.25) is 0 Å². The molecular weight excluding hydrogens is 414 g/mol. The van der Waals surface area contributed by atoms with Crippen LogP contribution < -0.4 is 4.90 Å². The van der Waals surface area contributed by atoms with Gasteiger partial charge in [0.2, 0.25) is 11.7 Å². The summed E-state index contributed by atoms with van der Waals surface area (Å²) < 4.78 is 7.30. The summed E-state index contributed by atoms with van der Waals surface area (Å²) >= 11 is 0. The molecule has 0 bridgehead atoms. The van der Waals surface area contributed by atoms with Gasteiger partial charge in [-0.2, -0.15) is 10.1 Å². The molecule has 1 aliphatic heterocycles. The lowest BCUT2D eigenvalue weighted by atomic mass is 10.1. The molecule has 1 aliphatic rings. The molecule has 0 unspecified atom stereocenters. The highest BCUT2D eigenvalue weighted by Gasteiger charge is 2.26. The molecule has 162 valence electrons. The Morgan fingerprint density at radius 2 is 1.79 bits per heavy atom. The Bertz CT molecular complexity index is 1480. The Morgan fingerprint density at radius 3 is 2.67 bits per heavy atom. The minimum Gasteiger partial charge on any atom is -0.332 e. The minimum absolute atomic E-state index is 0.00521. The van der Waals surface area contributed by atoms with Crippen LogP contribution in [0.5, 0.6) is 0 Å². The molecule has 1 amide bonds. The van der Waals surface area contributed by atoms with E-state index < -0.39 is 0 Å². The number of amides is 1. The van der Waals surface area contributed by atoms with Gasteiger partial charge < -0.3 is 9.42 Å². The number of benzene rings is 3. The zero-order chi connectivity index (χ0) is 22.4. The smallest absolute Gasteiger partial charge is 0.279 e. The van der Waals surface area contributed by atoms with Gasteiger partial charge in [0, 0.05) is 23.2 Å². The summed E-state index contributed by atoms with van der Waals surface area (Å²) in [6, 6.07) is 23.8. The van der Waals surface area contributed by atoms with Crippen LogP contribution in [0.15, 0.2) is 77.3 Å². The van der Waals surface area contributed by atoms with Crippen LogP contribution in [-0.2, 0) is 17.8 Å². The van der Waals surface area contributed by atoms with Crippen LogP contribution in [0.4, 0.5) is 5.69 Å². The normalized spacial score (nSPS) is 12.9. The van der Waals surface area contributed by atoms with E-state index in [0.29, 0.717) is 24.0 Å². The first-order valence-corrected chi connectivity index (χ1v) is 10.9. The maximum Gasteiger partial charge on any atom is 0.279 e. The van der Waals surface area contributed by atoms with Gasteiger partial charge in [0.05, 0.1) is 5.52 Å². The van der Waals surface area contributed by atoms with E-state index in [1.165, 1.54) is 5.56 Å². The number of rotatable bonds is 4. The summed E-state index contributed by atoms with van der Waals surface area (Å²) in [4.78, 5) is 19.6. The van der Waals surface area contributed by atoms with Crippen molar-refractivity contribution in [1.29, 1.82) is 0 Å². The second-order valence-electron chi connectivity index (χ2n) is 8.24. The summed E-state index contributed by atoms with van der Waals surface area (Å²) in [5, 5.41) is 9.73. The highest BCUT2D eigenvalue weighted by atomic mass is 16.5. The van der Waals surface area contributed by atoms with Gasteiger partial charge in [-0.05, 0) is 31.0 Å². The Balaban J connectivity index is 1.34. The number of para-hydroxylation sites is 2. The number of carbonyl (C=O) groups is 1. The molecule has 0 spiro atoms. The van der Waals surface area contributed by atoms with E-state index in [1.807, 2.05) is 78.6 Å². The van der Waals surface area contributed by atoms with Gasteiger partial charge in [0.15, 0.2) is 5.69 Å². The Labute approximate surface area is 190 Å². The average molecular weight is 435 g/mol. The predicted octanol–water partition coefficient (Wildman–Crippen LogP) is 4.65. The van der Waals surface area contributed by atoms with E-state index in [-0.39, 0.29) is 12.5 Å².